The number of amides is 2. The second-order valence-corrected chi connectivity index (χ2v) is 16.6. The molecule has 0 aliphatic carbocycles. The number of nitrogens with one attached hydrogen (secondary N) is 3. The highest BCUT2D eigenvalue weighted by molar-refractivity contribution is 5.95. The lowest BCUT2D eigenvalue weighted by Crippen LogP contribution is -2.54. The Bertz CT molecular complexity index is 2010. The fourth-order valence-corrected chi connectivity index (χ4v) is 8.00. The molecular weight excluding hydrogens is 770 g/mol. The summed E-state index contributed by atoms with van der Waals surface area (Å²) in [7, 11) is 0. The van der Waals surface area contributed by atoms with E-state index >= 15 is 0 Å². The summed E-state index contributed by atoms with van der Waals surface area (Å²) in [6.45, 7) is 14.4. The Morgan fingerprint density at radius 3 is 2.25 bits per heavy atom. The number of nitrogens with two attached hydrogens (primary N) is 1. The quantitative estimate of drug-likeness (QED) is 0.0589. The first-order valence-electron chi connectivity index (χ1n) is 21.4. The van der Waals surface area contributed by atoms with Crippen molar-refractivity contribution >= 4 is 34.1 Å². The van der Waals surface area contributed by atoms with Gasteiger partial charge in [0.1, 0.15) is 12.1 Å². The van der Waals surface area contributed by atoms with Gasteiger partial charge in [-0.25, -0.2) is 0 Å². The number of hydrogen-bond acceptors (Lipinski definition) is 9. The Labute approximate surface area is 352 Å². The number of alkyl halides is 3. The second-order valence-electron chi connectivity index (χ2n) is 16.6. The number of nitrogens with zero attached hydrogens (tertiary/aromatic N) is 4. The van der Waals surface area contributed by atoms with Crippen molar-refractivity contribution in [2.45, 2.75) is 110 Å². The molecule has 11 nitrogen and oxygen atoms in total. The number of aromatic nitrogens is 2. The number of piperazine rings is 1. The average Bonchev–Trinajstić information content (AvgIpc) is 3.22. The van der Waals surface area contributed by atoms with Crippen LogP contribution in [-0.4, -0.2) is 89.5 Å². The molecule has 3 aromatic carbocycles. The molecule has 14 heteroatoms. The Hall–Kier alpha value is -4.79. The molecule has 4 aromatic rings. The SMILES string of the molecule is Cc1c([C@@H](C)Nc2nnc(C)c3ccc(N4CCN(CCCCCCCNC(=O)C(CC(C)C)NC(=O)[C@@H](O)[C@H](N)Cc5ccccc5)CC4)cc23)cccc1C(F)(F)F. The van der Waals surface area contributed by atoms with Gasteiger partial charge >= 0.3 is 6.18 Å². The third kappa shape index (κ3) is 12.9. The van der Waals surface area contributed by atoms with Crippen LogP contribution in [0, 0.1) is 19.8 Å². The van der Waals surface area contributed by atoms with Gasteiger partial charge in [0.25, 0.3) is 5.91 Å². The summed E-state index contributed by atoms with van der Waals surface area (Å²) >= 11 is 0. The predicted octanol–water partition coefficient (Wildman–Crippen LogP) is 7.09. The van der Waals surface area contributed by atoms with Crippen LogP contribution < -0.4 is 26.6 Å². The van der Waals surface area contributed by atoms with E-state index in [1.54, 1.807) is 6.07 Å². The smallest absolute Gasteiger partial charge is 0.382 e. The van der Waals surface area contributed by atoms with Crippen molar-refractivity contribution in [3.63, 3.8) is 0 Å². The highest BCUT2D eigenvalue weighted by Crippen LogP contribution is 2.36. The number of carbonyl (C=O) groups excluding carboxylic acids is 2. The number of aliphatic hydroxyl groups excluding tert-OH is 1. The number of anilines is 2. The number of benzene rings is 3. The molecule has 0 saturated carbocycles. The Balaban J connectivity index is 1.02. The zero-order chi connectivity index (χ0) is 43.4. The molecule has 5 rings (SSSR count). The van der Waals surface area contributed by atoms with E-state index in [0.717, 1.165) is 98.6 Å². The van der Waals surface area contributed by atoms with E-state index in [1.165, 1.54) is 13.0 Å². The molecule has 1 saturated heterocycles. The maximum Gasteiger partial charge on any atom is 0.416 e. The van der Waals surface area contributed by atoms with Gasteiger partial charge in [-0.1, -0.05) is 81.6 Å². The lowest BCUT2D eigenvalue weighted by Gasteiger charge is -2.36. The molecule has 2 heterocycles. The second kappa shape index (κ2) is 21.6. The molecule has 2 amide bonds. The van der Waals surface area contributed by atoms with Crippen molar-refractivity contribution in [3.8, 4) is 0 Å². The molecule has 4 atom stereocenters. The minimum atomic E-state index is -4.42. The Kier molecular flexibility index (Phi) is 16.7. The predicted molar refractivity (Wildman–Crippen MR) is 233 cm³/mol. The van der Waals surface area contributed by atoms with Crippen LogP contribution in [-0.2, 0) is 22.2 Å². The fourth-order valence-electron chi connectivity index (χ4n) is 8.00. The number of hydrogen-bond donors (Lipinski definition) is 5. The van der Waals surface area contributed by atoms with Crippen LogP contribution in [0.5, 0.6) is 0 Å². The van der Waals surface area contributed by atoms with Crippen LogP contribution in [0.2, 0.25) is 0 Å². The van der Waals surface area contributed by atoms with Crippen LogP contribution in [0.25, 0.3) is 10.8 Å². The van der Waals surface area contributed by atoms with Gasteiger partial charge in [0.05, 0.1) is 17.3 Å². The first kappa shape index (κ1) is 46.3. The van der Waals surface area contributed by atoms with Crippen LogP contribution in [0.4, 0.5) is 24.7 Å². The molecule has 0 radical (unpaired) electrons. The van der Waals surface area contributed by atoms with E-state index < -0.39 is 41.9 Å². The molecule has 60 heavy (non-hydrogen) atoms. The van der Waals surface area contributed by atoms with E-state index in [0.29, 0.717) is 30.8 Å². The zero-order valence-electron chi connectivity index (χ0n) is 35.7. The molecule has 1 aliphatic rings. The molecule has 1 fully saturated rings. The largest absolute Gasteiger partial charge is 0.416 e. The molecule has 1 unspecified atom stereocenters. The molecule has 326 valence electrons. The van der Waals surface area contributed by atoms with Crippen LogP contribution >= 0.6 is 0 Å². The van der Waals surface area contributed by atoms with Crippen molar-refractivity contribution in [1.82, 2.24) is 25.7 Å². The topological polar surface area (TPSA) is 149 Å². The molecular formula is C46H63F3N8O3. The monoisotopic (exact) mass is 832 g/mol. The Morgan fingerprint density at radius 1 is 0.850 bits per heavy atom. The minimum absolute atomic E-state index is 0.165. The maximum atomic E-state index is 13.6. The lowest BCUT2D eigenvalue weighted by molar-refractivity contribution is -0.138. The number of fused-ring (bicyclic) bond motifs is 1. The van der Waals surface area contributed by atoms with Crippen molar-refractivity contribution in [1.29, 1.82) is 0 Å². The highest BCUT2D eigenvalue weighted by atomic mass is 19.4. The van der Waals surface area contributed by atoms with Crippen LogP contribution in [0.15, 0.2) is 66.7 Å². The van der Waals surface area contributed by atoms with Crippen LogP contribution in [0.1, 0.15) is 93.3 Å². The van der Waals surface area contributed by atoms with Crippen molar-refractivity contribution < 1.29 is 27.9 Å². The first-order valence-corrected chi connectivity index (χ1v) is 21.4. The van der Waals surface area contributed by atoms with Crippen molar-refractivity contribution in [3.05, 3.63) is 94.7 Å². The van der Waals surface area contributed by atoms with E-state index in [1.807, 2.05) is 58.0 Å². The van der Waals surface area contributed by atoms with E-state index in [-0.39, 0.29) is 17.4 Å². The average molecular weight is 833 g/mol. The molecule has 6 N–H and O–H groups in total. The van der Waals surface area contributed by atoms with Gasteiger partial charge in [-0.3, -0.25) is 14.5 Å². The molecule has 0 bridgehead atoms. The summed E-state index contributed by atoms with van der Waals surface area (Å²) in [5.74, 6) is -0.177. The van der Waals surface area contributed by atoms with E-state index in [2.05, 4.69) is 54.1 Å². The standard InChI is InChI=1S/C46H63F3N8O3/c1-30(2)27-41(53-45(60)42(58)40(50)28-34-15-10-9-11-16-34)44(59)51-21-12-7-6-8-13-22-56-23-25-57(26-24-56)35-19-20-37-33(5)54-55-43(38(37)29-35)52-32(4)36-17-14-18-39(31(36)3)46(47,48)49/h9-11,14-20,29-30,32,40-42,58H,6-8,12-13,21-28,50H2,1-5H3,(H,51,59)(H,52,55)(H,53,60)/t32-,40-,41?,42+/m1/s1. The summed E-state index contributed by atoms with van der Waals surface area (Å²) in [6.07, 6.45) is 0.0364. The van der Waals surface area contributed by atoms with Gasteiger partial charge in [0.15, 0.2) is 5.82 Å². The lowest BCUT2D eigenvalue weighted by atomic mass is 9.97. The van der Waals surface area contributed by atoms with E-state index in [9.17, 15) is 27.9 Å². The van der Waals surface area contributed by atoms with Crippen LogP contribution in [0.3, 0.4) is 0 Å². The molecule has 0 spiro atoms. The van der Waals surface area contributed by atoms with Gasteiger partial charge in [-0.15, -0.1) is 5.10 Å². The Morgan fingerprint density at radius 2 is 1.55 bits per heavy atom. The van der Waals surface area contributed by atoms with Gasteiger partial charge in [-0.2, -0.15) is 18.3 Å². The number of carbonyl (C=O) groups is 2. The maximum absolute atomic E-state index is 13.6. The molecule has 1 aromatic heterocycles. The summed E-state index contributed by atoms with van der Waals surface area (Å²) < 4.78 is 40.9. The number of rotatable bonds is 20. The van der Waals surface area contributed by atoms with Gasteiger partial charge in [0, 0.05) is 55.2 Å². The summed E-state index contributed by atoms with van der Waals surface area (Å²) in [5, 5.41) is 30.3. The minimum Gasteiger partial charge on any atom is -0.382 e. The van der Waals surface area contributed by atoms with Crippen molar-refractivity contribution in [2.24, 2.45) is 11.7 Å². The number of aryl methyl sites for hydroxylation is 1. The summed E-state index contributed by atoms with van der Waals surface area (Å²) in [4.78, 5) is 30.8. The number of aliphatic hydroxyl groups is 1. The number of unbranched alkanes of at least 4 members (excludes halogenated alkanes) is 4. The zero-order valence-corrected chi connectivity index (χ0v) is 35.7. The van der Waals surface area contributed by atoms with Gasteiger partial charge in [-0.05, 0) is 93.8 Å². The normalized spacial score (nSPS) is 15.8. The summed E-state index contributed by atoms with van der Waals surface area (Å²) in [6, 6.07) is 18.0. The third-order valence-corrected chi connectivity index (χ3v) is 11.5. The van der Waals surface area contributed by atoms with Crippen molar-refractivity contribution in [2.75, 3.05) is 49.5 Å². The van der Waals surface area contributed by atoms with E-state index in [4.69, 9.17) is 5.73 Å². The third-order valence-electron chi connectivity index (χ3n) is 11.5. The van der Waals surface area contributed by atoms with Gasteiger partial charge < -0.3 is 31.7 Å². The van der Waals surface area contributed by atoms with Gasteiger partial charge in [0.2, 0.25) is 5.91 Å². The highest BCUT2D eigenvalue weighted by Gasteiger charge is 2.33. The number of halogens is 3. The molecule has 1 aliphatic heterocycles. The summed E-state index contributed by atoms with van der Waals surface area (Å²) in [5.41, 5.74) is 9.05. The fraction of sp³-hybridized carbons (Fsp3) is 0.522. The first-order chi connectivity index (χ1) is 28.6.